The minimum absolute atomic E-state index is 0.545. The first-order valence-corrected chi connectivity index (χ1v) is 27.6. The summed E-state index contributed by atoms with van der Waals surface area (Å²) in [6.07, 6.45) is 0. The Labute approximate surface area is 460 Å². The number of hydrogen-bond acceptors (Lipinski definition) is 5. The van der Waals surface area contributed by atoms with Crippen LogP contribution < -0.4 is 0 Å². The smallest absolute Gasteiger partial charge is 0.167 e. The lowest BCUT2D eigenvalue weighted by molar-refractivity contribution is 0.669. The molecular weight excluding hydrogens is 979 g/mol. The molecule has 12 aromatic carbocycles. The largest absolute Gasteiger partial charge is 0.455 e. The summed E-state index contributed by atoms with van der Waals surface area (Å²) in [7, 11) is 0. The molecule has 79 heavy (non-hydrogen) atoms. The van der Waals surface area contributed by atoms with E-state index in [1.165, 1.54) is 76.3 Å². The van der Waals surface area contributed by atoms with Gasteiger partial charge in [0, 0.05) is 42.1 Å². The molecular formula is C74H45N3OS. The van der Waals surface area contributed by atoms with Crippen LogP contribution in [-0.2, 0) is 5.41 Å². The second-order valence-electron chi connectivity index (χ2n) is 20.6. The summed E-state index contributed by atoms with van der Waals surface area (Å²) in [4.78, 5) is 16.2. The highest BCUT2D eigenvalue weighted by Crippen LogP contribution is 2.57. The van der Waals surface area contributed by atoms with Gasteiger partial charge in [0.1, 0.15) is 11.2 Å². The highest BCUT2D eigenvalue weighted by atomic mass is 32.1. The van der Waals surface area contributed by atoms with E-state index in [9.17, 15) is 0 Å². The fourth-order valence-corrected chi connectivity index (χ4v) is 13.8. The van der Waals surface area contributed by atoms with Gasteiger partial charge in [-0.05, 0) is 120 Å². The van der Waals surface area contributed by atoms with Gasteiger partial charge in [-0.15, -0.1) is 11.3 Å². The second kappa shape index (κ2) is 18.0. The lowest BCUT2D eigenvalue weighted by Gasteiger charge is -2.34. The maximum atomic E-state index is 6.86. The average Bonchev–Trinajstić information content (AvgIpc) is 4.34. The van der Waals surface area contributed by atoms with Gasteiger partial charge in [0.05, 0.1) is 11.0 Å². The van der Waals surface area contributed by atoms with E-state index in [1.807, 2.05) is 0 Å². The zero-order valence-corrected chi connectivity index (χ0v) is 43.5. The number of para-hydroxylation sites is 1. The van der Waals surface area contributed by atoms with Gasteiger partial charge in [0.15, 0.2) is 17.5 Å². The lowest BCUT2D eigenvalue weighted by atomic mass is 9.67. The van der Waals surface area contributed by atoms with E-state index in [2.05, 4.69) is 273 Å². The zero-order chi connectivity index (χ0) is 52.0. The maximum Gasteiger partial charge on any atom is 0.167 e. The number of benzene rings is 12. The SMILES string of the molecule is c1ccc(-c2cccc(-c3ccc4oc5c(-c6nc(-c7ccc(C8(c9ccccc9)c9ccccc9-c9cc(-c%10cccc%11ccccc%10%11)ccc98)cc7)nc(-c7cccc8c7sc7ccccc78)n6)cccc5c4c3)c2)cc1. The second-order valence-corrected chi connectivity index (χ2v) is 21.6. The van der Waals surface area contributed by atoms with Crippen LogP contribution in [0.2, 0.25) is 0 Å². The third kappa shape index (κ3) is 7.17. The van der Waals surface area contributed by atoms with Gasteiger partial charge in [-0.3, -0.25) is 0 Å². The number of thiophene rings is 1. The minimum Gasteiger partial charge on any atom is -0.455 e. The van der Waals surface area contributed by atoms with Crippen LogP contribution in [0.15, 0.2) is 277 Å². The summed E-state index contributed by atoms with van der Waals surface area (Å²) in [5.41, 5.74) is 18.0. The third-order valence-corrected chi connectivity index (χ3v) is 17.5. The Kier molecular flexibility index (Phi) is 10.3. The molecule has 0 radical (unpaired) electrons. The van der Waals surface area contributed by atoms with Crippen LogP contribution in [0.25, 0.3) is 132 Å². The Morgan fingerprint density at radius 3 is 1.72 bits per heavy atom. The van der Waals surface area contributed by atoms with Crippen molar-refractivity contribution in [3.63, 3.8) is 0 Å². The third-order valence-electron chi connectivity index (χ3n) is 16.2. The summed E-state index contributed by atoms with van der Waals surface area (Å²) >= 11 is 1.77. The van der Waals surface area contributed by atoms with E-state index in [4.69, 9.17) is 19.4 Å². The molecule has 1 atom stereocenters. The zero-order valence-electron chi connectivity index (χ0n) is 42.6. The van der Waals surface area contributed by atoms with Gasteiger partial charge in [-0.1, -0.05) is 231 Å². The molecule has 3 aromatic heterocycles. The van der Waals surface area contributed by atoms with Crippen molar-refractivity contribution in [2.75, 3.05) is 0 Å². The van der Waals surface area contributed by atoms with E-state index in [0.29, 0.717) is 17.5 Å². The van der Waals surface area contributed by atoms with Crippen molar-refractivity contribution in [2.45, 2.75) is 5.41 Å². The van der Waals surface area contributed by atoms with E-state index in [1.54, 1.807) is 11.3 Å². The molecule has 0 amide bonds. The number of rotatable bonds is 8. The Balaban J connectivity index is 0.859. The Morgan fingerprint density at radius 1 is 0.304 bits per heavy atom. The number of nitrogens with zero attached hydrogens (tertiary/aromatic N) is 3. The van der Waals surface area contributed by atoms with Gasteiger partial charge >= 0.3 is 0 Å². The molecule has 368 valence electrons. The van der Waals surface area contributed by atoms with E-state index in [0.717, 1.165) is 60.0 Å². The molecule has 5 heteroatoms. The number of furan rings is 1. The molecule has 0 aliphatic heterocycles. The monoisotopic (exact) mass is 1020 g/mol. The Bertz CT molecular complexity index is 4900. The average molecular weight is 1020 g/mol. The molecule has 0 saturated carbocycles. The van der Waals surface area contributed by atoms with Crippen molar-refractivity contribution in [1.82, 2.24) is 15.0 Å². The summed E-state index contributed by atoms with van der Waals surface area (Å²) in [6.45, 7) is 0. The first-order valence-electron chi connectivity index (χ1n) is 26.8. The van der Waals surface area contributed by atoms with Crippen LogP contribution in [0.5, 0.6) is 0 Å². The summed E-state index contributed by atoms with van der Waals surface area (Å²) in [5.74, 6) is 1.74. The standard InChI is InChI=1S/C74H45N3OS/c1-3-17-46(18-4-1)49-21-13-22-50(43-49)51-38-42-67-64(44-51)59-29-15-31-61(69(59)78-67)72-75-71(76-73(77-72)62-32-16-30-60-58-27-10-12-34-68(58)79-70(60)62)48-35-39-54(40-36-48)74(53-23-5-2-6-24-53)65-33-11-9-26-57(65)63-45-52(37-41-66(63)74)56-28-14-20-47-19-7-8-25-55(47)56/h1-45H. The van der Waals surface area contributed by atoms with Crippen molar-refractivity contribution in [1.29, 1.82) is 0 Å². The molecule has 0 saturated heterocycles. The summed E-state index contributed by atoms with van der Waals surface area (Å²) < 4.78 is 9.22. The van der Waals surface area contributed by atoms with Gasteiger partial charge in [-0.2, -0.15) is 0 Å². The topological polar surface area (TPSA) is 51.8 Å². The van der Waals surface area contributed by atoms with Crippen molar-refractivity contribution >= 4 is 64.2 Å². The first kappa shape index (κ1) is 45.2. The van der Waals surface area contributed by atoms with Crippen LogP contribution in [-0.4, -0.2) is 15.0 Å². The molecule has 3 heterocycles. The van der Waals surface area contributed by atoms with Crippen molar-refractivity contribution in [3.8, 4) is 78.7 Å². The molecule has 0 fully saturated rings. The van der Waals surface area contributed by atoms with Crippen LogP contribution in [0, 0.1) is 0 Å². The summed E-state index contributed by atoms with van der Waals surface area (Å²) in [6, 6.07) is 98.4. The van der Waals surface area contributed by atoms with Gasteiger partial charge in [0.2, 0.25) is 0 Å². The molecule has 1 aliphatic rings. The molecule has 4 nitrogen and oxygen atoms in total. The lowest BCUT2D eigenvalue weighted by Crippen LogP contribution is -2.28. The molecule has 0 spiro atoms. The van der Waals surface area contributed by atoms with Crippen LogP contribution in [0.4, 0.5) is 0 Å². The predicted octanol–water partition coefficient (Wildman–Crippen LogP) is 19.7. The Morgan fingerprint density at radius 2 is 0.861 bits per heavy atom. The van der Waals surface area contributed by atoms with Crippen LogP contribution in [0.3, 0.4) is 0 Å². The molecule has 1 unspecified atom stereocenters. The van der Waals surface area contributed by atoms with E-state index >= 15 is 0 Å². The van der Waals surface area contributed by atoms with Crippen LogP contribution in [0.1, 0.15) is 22.3 Å². The Hall–Kier alpha value is -10.1. The molecule has 0 N–H and O–H groups in total. The maximum absolute atomic E-state index is 6.86. The fourth-order valence-electron chi connectivity index (χ4n) is 12.6. The predicted molar refractivity (Wildman–Crippen MR) is 327 cm³/mol. The molecule has 15 aromatic rings. The highest BCUT2D eigenvalue weighted by molar-refractivity contribution is 7.26. The van der Waals surface area contributed by atoms with Gasteiger partial charge in [0.25, 0.3) is 0 Å². The molecule has 16 rings (SSSR count). The highest BCUT2D eigenvalue weighted by Gasteiger charge is 2.46. The van der Waals surface area contributed by atoms with Gasteiger partial charge in [-0.25, -0.2) is 15.0 Å². The van der Waals surface area contributed by atoms with E-state index in [-0.39, 0.29) is 0 Å². The normalized spacial score (nSPS) is 13.9. The van der Waals surface area contributed by atoms with Gasteiger partial charge < -0.3 is 4.42 Å². The number of aromatic nitrogens is 3. The van der Waals surface area contributed by atoms with Crippen LogP contribution >= 0.6 is 11.3 Å². The molecule has 0 bridgehead atoms. The first-order chi connectivity index (χ1) is 39.1. The number of hydrogen-bond donors (Lipinski definition) is 0. The van der Waals surface area contributed by atoms with Crippen molar-refractivity contribution < 1.29 is 4.42 Å². The minimum atomic E-state index is -0.600. The fraction of sp³-hybridized carbons (Fsp3) is 0.0135. The summed E-state index contributed by atoms with van der Waals surface area (Å²) in [5, 5.41) is 6.92. The molecule has 1 aliphatic carbocycles. The van der Waals surface area contributed by atoms with Crippen molar-refractivity contribution in [2.24, 2.45) is 0 Å². The van der Waals surface area contributed by atoms with E-state index < -0.39 is 5.41 Å². The van der Waals surface area contributed by atoms with Crippen molar-refractivity contribution in [3.05, 3.63) is 295 Å². The quantitative estimate of drug-likeness (QED) is 0.152. The number of fused-ring (bicyclic) bond motifs is 10.